The molecule has 1 aromatic rings. The fourth-order valence-electron chi connectivity index (χ4n) is 2.38. The van der Waals surface area contributed by atoms with E-state index in [1.807, 2.05) is 4.90 Å². The summed E-state index contributed by atoms with van der Waals surface area (Å²) in [4.78, 5) is 1.45. The minimum Gasteiger partial charge on any atom is -0.395 e. The number of hydrogen-bond acceptors (Lipinski definition) is 4. The van der Waals surface area contributed by atoms with Crippen LogP contribution in [0.15, 0.2) is 23.1 Å². The average Bonchev–Trinajstić information content (AvgIpc) is 2.65. The van der Waals surface area contributed by atoms with Gasteiger partial charge in [-0.15, -0.1) is 0 Å². The number of sulfonamides is 1. The van der Waals surface area contributed by atoms with Crippen LogP contribution in [0.25, 0.3) is 0 Å². The van der Waals surface area contributed by atoms with Crippen molar-refractivity contribution in [3.63, 3.8) is 0 Å². The molecule has 0 spiro atoms. The van der Waals surface area contributed by atoms with Gasteiger partial charge in [-0.05, 0) is 25.1 Å². The van der Waals surface area contributed by atoms with Crippen molar-refractivity contribution in [3.05, 3.63) is 29.8 Å². The Hall–Kier alpha value is -1.09. The third-order valence-electron chi connectivity index (χ3n) is 3.48. The first-order chi connectivity index (χ1) is 9.95. The zero-order chi connectivity index (χ0) is 15.5. The lowest BCUT2D eigenvalue weighted by molar-refractivity contribution is 0.202. The van der Waals surface area contributed by atoms with Gasteiger partial charge in [-0.1, -0.05) is 0 Å². The van der Waals surface area contributed by atoms with E-state index in [1.54, 1.807) is 0 Å². The molecule has 1 heterocycles. The quantitative estimate of drug-likeness (QED) is 0.885. The summed E-state index contributed by atoms with van der Waals surface area (Å²) in [6.07, 6.45) is 0.599. The maximum Gasteiger partial charge on any atom is 0.246 e. The summed E-state index contributed by atoms with van der Waals surface area (Å²) in [5, 5.41) is 8.92. The largest absolute Gasteiger partial charge is 0.395 e. The molecule has 1 saturated heterocycles. The molecule has 1 fully saturated rings. The minimum atomic E-state index is -3.97. The van der Waals surface area contributed by atoms with E-state index < -0.39 is 26.6 Å². The highest BCUT2D eigenvalue weighted by Crippen LogP contribution is 2.21. The Labute approximate surface area is 122 Å². The highest BCUT2D eigenvalue weighted by molar-refractivity contribution is 7.89. The molecule has 0 bridgehead atoms. The molecular weight excluding hydrogens is 302 g/mol. The molecule has 8 heteroatoms. The lowest BCUT2D eigenvalue weighted by Crippen LogP contribution is -2.36. The summed E-state index contributed by atoms with van der Waals surface area (Å²) in [7, 11) is -3.97. The molecule has 0 atom stereocenters. The second-order valence-corrected chi connectivity index (χ2v) is 6.80. The molecule has 118 valence electrons. The van der Waals surface area contributed by atoms with Crippen LogP contribution < -0.4 is 0 Å². The van der Waals surface area contributed by atoms with Crippen LogP contribution in [0.3, 0.4) is 0 Å². The van der Waals surface area contributed by atoms with Gasteiger partial charge in [0.15, 0.2) is 0 Å². The lowest BCUT2D eigenvalue weighted by atomic mass is 10.3. The Balaban J connectivity index is 2.19. The maximum atomic E-state index is 13.7. The topological polar surface area (TPSA) is 60.9 Å². The molecule has 21 heavy (non-hydrogen) atoms. The normalized spacial score (nSPS) is 18.6. The van der Waals surface area contributed by atoms with Crippen LogP contribution in [0.1, 0.15) is 6.42 Å². The van der Waals surface area contributed by atoms with Gasteiger partial charge in [0.25, 0.3) is 0 Å². The summed E-state index contributed by atoms with van der Waals surface area (Å²) < 4.78 is 52.7. The highest BCUT2D eigenvalue weighted by atomic mass is 32.2. The molecule has 0 aromatic heterocycles. The van der Waals surface area contributed by atoms with Crippen LogP contribution in [0.5, 0.6) is 0 Å². The second kappa shape index (κ2) is 6.78. The summed E-state index contributed by atoms with van der Waals surface area (Å²) >= 11 is 0. The molecule has 5 nitrogen and oxygen atoms in total. The van der Waals surface area contributed by atoms with Crippen LogP contribution in [-0.2, 0) is 10.0 Å². The molecule has 1 N–H and O–H groups in total. The minimum absolute atomic E-state index is 0.0132. The standard InChI is InChI=1S/C13H18F2N2O3S/c14-11-2-3-13(12(15)10-11)21(19,20)17-5-1-4-16(6-7-17)8-9-18/h2-3,10,18H,1,4-9H2. The molecule has 1 aliphatic heterocycles. The van der Waals surface area contributed by atoms with Crippen LogP contribution in [-0.4, -0.2) is 62.1 Å². The number of nitrogens with zero attached hydrogens (tertiary/aromatic N) is 2. The number of halogens is 2. The zero-order valence-electron chi connectivity index (χ0n) is 11.5. The fraction of sp³-hybridized carbons (Fsp3) is 0.538. The van der Waals surface area contributed by atoms with Crippen LogP contribution in [0, 0.1) is 11.6 Å². The third kappa shape index (κ3) is 3.76. The Morgan fingerprint density at radius 1 is 1.14 bits per heavy atom. The van der Waals surface area contributed by atoms with Gasteiger partial charge in [-0.2, -0.15) is 4.31 Å². The van der Waals surface area contributed by atoms with Gasteiger partial charge in [0.2, 0.25) is 10.0 Å². The van der Waals surface area contributed by atoms with E-state index in [9.17, 15) is 17.2 Å². The number of hydrogen-bond donors (Lipinski definition) is 1. The summed E-state index contributed by atoms with van der Waals surface area (Å²) in [6, 6.07) is 2.46. The van der Waals surface area contributed by atoms with Crippen LogP contribution >= 0.6 is 0 Å². The third-order valence-corrected chi connectivity index (χ3v) is 5.41. The Morgan fingerprint density at radius 3 is 2.57 bits per heavy atom. The Kier molecular flexibility index (Phi) is 5.26. The zero-order valence-corrected chi connectivity index (χ0v) is 12.3. The van der Waals surface area contributed by atoms with Gasteiger partial charge < -0.3 is 5.11 Å². The van der Waals surface area contributed by atoms with E-state index >= 15 is 0 Å². The van der Waals surface area contributed by atoms with Gasteiger partial charge >= 0.3 is 0 Å². The first kappa shape index (κ1) is 16.3. The maximum absolute atomic E-state index is 13.7. The summed E-state index contributed by atoms with van der Waals surface area (Å²) in [5.74, 6) is -1.89. The first-order valence-corrected chi connectivity index (χ1v) is 8.17. The molecule has 1 aromatic carbocycles. The van der Waals surface area contributed by atoms with Crippen molar-refractivity contribution in [1.29, 1.82) is 0 Å². The van der Waals surface area contributed by atoms with E-state index in [1.165, 1.54) is 4.31 Å². The van der Waals surface area contributed by atoms with Crippen molar-refractivity contribution in [2.24, 2.45) is 0 Å². The number of aliphatic hydroxyl groups is 1. The van der Waals surface area contributed by atoms with Crippen molar-refractivity contribution in [1.82, 2.24) is 9.21 Å². The SMILES string of the molecule is O=S(=O)(c1ccc(F)cc1F)N1CCCN(CCO)CC1. The monoisotopic (exact) mass is 320 g/mol. The average molecular weight is 320 g/mol. The lowest BCUT2D eigenvalue weighted by Gasteiger charge is -2.21. The van der Waals surface area contributed by atoms with Crippen molar-refractivity contribution in [2.45, 2.75) is 11.3 Å². The predicted molar refractivity (Wildman–Crippen MR) is 73.3 cm³/mol. The van der Waals surface area contributed by atoms with Crippen LogP contribution in [0.2, 0.25) is 0 Å². The van der Waals surface area contributed by atoms with Gasteiger partial charge in [0.05, 0.1) is 6.61 Å². The first-order valence-electron chi connectivity index (χ1n) is 6.73. The second-order valence-electron chi connectivity index (χ2n) is 4.90. The Morgan fingerprint density at radius 2 is 1.90 bits per heavy atom. The van der Waals surface area contributed by atoms with Gasteiger partial charge in [-0.3, -0.25) is 4.90 Å². The van der Waals surface area contributed by atoms with Crippen molar-refractivity contribution < 1.29 is 22.3 Å². The van der Waals surface area contributed by atoms with Crippen molar-refractivity contribution in [2.75, 3.05) is 39.3 Å². The molecular formula is C13H18F2N2O3S. The summed E-state index contributed by atoms with van der Waals surface area (Å²) in [5.41, 5.74) is 0. The van der Waals surface area contributed by atoms with Crippen molar-refractivity contribution >= 4 is 10.0 Å². The van der Waals surface area contributed by atoms with Gasteiger partial charge in [-0.25, -0.2) is 17.2 Å². The smallest absolute Gasteiger partial charge is 0.246 e. The predicted octanol–water partition coefficient (Wildman–Crippen LogP) is 0.654. The molecule has 0 radical (unpaired) electrons. The van der Waals surface area contributed by atoms with Gasteiger partial charge in [0.1, 0.15) is 16.5 Å². The number of rotatable bonds is 4. The van der Waals surface area contributed by atoms with E-state index in [0.717, 1.165) is 12.1 Å². The van der Waals surface area contributed by atoms with E-state index in [-0.39, 0.29) is 19.7 Å². The molecule has 0 amide bonds. The van der Waals surface area contributed by atoms with E-state index in [0.29, 0.717) is 32.1 Å². The molecule has 0 aliphatic carbocycles. The number of aliphatic hydroxyl groups excluding tert-OH is 1. The van der Waals surface area contributed by atoms with Crippen LogP contribution in [0.4, 0.5) is 8.78 Å². The fourth-order valence-corrected chi connectivity index (χ4v) is 3.89. The van der Waals surface area contributed by atoms with E-state index in [4.69, 9.17) is 5.11 Å². The van der Waals surface area contributed by atoms with E-state index in [2.05, 4.69) is 0 Å². The number of β-amino-alcohol motifs (C(OH)–C–C–N with tert-alkyl or cyclic N) is 1. The highest BCUT2D eigenvalue weighted by Gasteiger charge is 2.29. The molecule has 2 rings (SSSR count). The number of benzene rings is 1. The van der Waals surface area contributed by atoms with Crippen molar-refractivity contribution in [3.8, 4) is 0 Å². The molecule has 0 saturated carbocycles. The van der Waals surface area contributed by atoms with Gasteiger partial charge in [0, 0.05) is 32.2 Å². The Bertz CT molecular complexity index is 595. The summed E-state index contributed by atoms with van der Waals surface area (Å²) in [6.45, 7) is 2.15. The molecule has 0 unspecified atom stereocenters. The molecule has 1 aliphatic rings.